The summed E-state index contributed by atoms with van der Waals surface area (Å²) in [6.45, 7) is 0. The van der Waals surface area contributed by atoms with Gasteiger partial charge in [-0.2, -0.15) is 13.2 Å². The van der Waals surface area contributed by atoms with Crippen LogP contribution in [0.3, 0.4) is 0 Å². The predicted octanol–water partition coefficient (Wildman–Crippen LogP) is 4.32. The van der Waals surface area contributed by atoms with E-state index in [1.54, 1.807) is 0 Å². The van der Waals surface area contributed by atoms with E-state index in [0.717, 1.165) is 28.3 Å². The molecule has 1 unspecified atom stereocenters. The molecule has 110 valence electrons. The first-order chi connectivity index (χ1) is 9.97. The van der Waals surface area contributed by atoms with E-state index in [1.807, 2.05) is 36.4 Å². The summed E-state index contributed by atoms with van der Waals surface area (Å²) in [5.74, 6) is -2.12. The van der Waals surface area contributed by atoms with Crippen LogP contribution in [0.15, 0.2) is 36.4 Å². The molecule has 0 fully saturated rings. The molecule has 2 aromatic carbocycles. The van der Waals surface area contributed by atoms with Crippen LogP contribution >= 0.6 is 0 Å². The molecule has 1 aliphatic rings. The molecule has 0 radical (unpaired) electrons. The third-order valence-electron chi connectivity index (χ3n) is 3.78. The summed E-state index contributed by atoms with van der Waals surface area (Å²) in [4.78, 5) is 11.1. The normalized spacial score (nSPS) is 18.3. The Labute approximate surface area is 119 Å². The number of hydrogen-bond acceptors (Lipinski definition) is 2. The Bertz CT molecular complexity index is 691. The van der Waals surface area contributed by atoms with Crippen LogP contribution in [0, 0.1) is 0 Å². The Balaban J connectivity index is 2.04. The third-order valence-corrected chi connectivity index (χ3v) is 3.78. The average molecular weight is 294 g/mol. The maximum atomic E-state index is 12.4. The number of aryl methyl sites for hydroxylation is 1. The first-order valence-corrected chi connectivity index (χ1v) is 6.75. The second kappa shape index (κ2) is 5.06. The number of halogens is 3. The van der Waals surface area contributed by atoms with Crippen LogP contribution in [0.4, 0.5) is 13.2 Å². The van der Waals surface area contributed by atoms with Crippen LogP contribution in [0.1, 0.15) is 30.1 Å². The van der Waals surface area contributed by atoms with Gasteiger partial charge in [0.25, 0.3) is 0 Å². The molecule has 0 saturated carbocycles. The largest absolute Gasteiger partial charge is 0.490 e. The number of hydrogen-bond donors (Lipinski definition) is 0. The van der Waals surface area contributed by atoms with Crippen molar-refractivity contribution in [2.24, 2.45) is 0 Å². The van der Waals surface area contributed by atoms with E-state index in [-0.39, 0.29) is 0 Å². The van der Waals surface area contributed by atoms with Crippen LogP contribution in [-0.2, 0) is 16.0 Å². The zero-order chi connectivity index (χ0) is 15.0. The van der Waals surface area contributed by atoms with Crippen molar-refractivity contribution in [1.82, 2.24) is 0 Å². The molecule has 3 rings (SSSR count). The summed E-state index contributed by atoms with van der Waals surface area (Å²) in [6, 6.07) is 11.3. The molecule has 0 heterocycles. The number of esters is 1. The van der Waals surface area contributed by atoms with Gasteiger partial charge in [-0.25, -0.2) is 4.79 Å². The highest BCUT2D eigenvalue weighted by molar-refractivity contribution is 5.87. The first kappa shape index (κ1) is 13.9. The van der Waals surface area contributed by atoms with E-state index < -0.39 is 18.2 Å². The van der Waals surface area contributed by atoms with Crippen LogP contribution in [0.2, 0.25) is 0 Å². The minimum absolute atomic E-state index is 0.419. The highest BCUT2D eigenvalue weighted by Crippen LogP contribution is 2.38. The van der Waals surface area contributed by atoms with Gasteiger partial charge in [-0.15, -0.1) is 0 Å². The quantitative estimate of drug-likeness (QED) is 0.732. The molecular weight excluding hydrogens is 281 g/mol. The lowest BCUT2D eigenvalue weighted by Crippen LogP contribution is -2.28. The number of rotatable bonds is 1. The Hall–Kier alpha value is -2.04. The lowest BCUT2D eigenvalue weighted by molar-refractivity contribution is -0.205. The van der Waals surface area contributed by atoms with Crippen LogP contribution in [0.25, 0.3) is 10.8 Å². The van der Waals surface area contributed by atoms with Crippen LogP contribution < -0.4 is 0 Å². The maximum Gasteiger partial charge on any atom is 0.490 e. The molecule has 1 aliphatic carbocycles. The van der Waals surface area contributed by atoms with Gasteiger partial charge in [0.2, 0.25) is 0 Å². The molecule has 0 bridgehead atoms. The molecule has 0 N–H and O–H groups in total. The van der Waals surface area contributed by atoms with Crippen molar-refractivity contribution in [2.45, 2.75) is 31.5 Å². The molecular formula is C16H13F3O2. The SMILES string of the molecule is O=C(OC1CCCc2ccc3ccccc3c21)C(F)(F)F. The highest BCUT2D eigenvalue weighted by atomic mass is 19.4. The van der Waals surface area contributed by atoms with Gasteiger partial charge in [0.05, 0.1) is 0 Å². The summed E-state index contributed by atoms with van der Waals surface area (Å²) in [5.41, 5.74) is 1.68. The number of ether oxygens (including phenoxy) is 1. The second-order valence-electron chi connectivity index (χ2n) is 5.14. The maximum absolute atomic E-state index is 12.4. The van der Waals surface area contributed by atoms with Gasteiger partial charge >= 0.3 is 12.1 Å². The molecule has 1 atom stereocenters. The molecule has 5 heteroatoms. The number of benzene rings is 2. The zero-order valence-corrected chi connectivity index (χ0v) is 11.1. The smallest absolute Gasteiger partial charge is 0.451 e. The molecule has 0 amide bonds. The summed E-state index contributed by atoms with van der Waals surface area (Å²) in [5, 5.41) is 1.79. The van der Waals surface area contributed by atoms with Gasteiger partial charge in [0, 0.05) is 5.56 Å². The van der Waals surface area contributed by atoms with Crippen molar-refractivity contribution in [2.75, 3.05) is 0 Å². The summed E-state index contributed by atoms with van der Waals surface area (Å²) in [7, 11) is 0. The number of carbonyl (C=O) groups is 1. The molecule has 0 saturated heterocycles. The van der Waals surface area contributed by atoms with Gasteiger partial charge < -0.3 is 4.74 Å². The van der Waals surface area contributed by atoms with E-state index in [4.69, 9.17) is 4.74 Å². The summed E-state index contributed by atoms with van der Waals surface area (Å²) >= 11 is 0. The van der Waals surface area contributed by atoms with Gasteiger partial charge in [-0.05, 0) is 35.6 Å². The standard InChI is InChI=1S/C16H13F3O2/c17-16(18,19)15(20)21-13-7-3-5-11-9-8-10-4-1-2-6-12(10)14(11)13/h1-2,4,6,8-9,13H,3,5,7H2. The third kappa shape index (κ3) is 2.60. The van der Waals surface area contributed by atoms with E-state index >= 15 is 0 Å². The Morgan fingerprint density at radius 1 is 1.14 bits per heavy atom. The van der Waals surface area contributed by atoms with E-state index in [2.05, 4.69) is 0 Å². The van der Waals surface area contributed by atoms with Crippen LogP contribution in [-0.4, -0.2) is 12.1 Å². The van der Waals surface area contributed by atoms with Crippen molar-refractivity contribution in [3.8, 4) is 0 Å². The lowest BCUT2D eigenvalue weighted by Gasteiger charge is -2.27. The van der Waals surface area contributed by atoms with Crippen molar-refractivity contribution in [3.63, 3.8) is 0 Å². The van der Waals surface area contributed by atoms with E-state index in [9.17, 15) is 18.0 Å². The fourth-order valence-electron chi connectivity index (χ4n) is 2.88. The minimum Gasteiger partial charge on any atom is -0.451 e. The number of carbonyl (C=O) groups excluding carboxylic acids is 1. The van der Waals surface area contributed by atoms with Gasteiger partial charge in [0.15, 0.2) is 0 Å². The molecule has 2 aromatic rings. The topological polar surface area (TPSA) is 26.3 Å². The molecule has 0 aromatic heterocycles. The summed E-state index contributed by atoms with van der Waals surface area (Å²) < 4.78 is 42.0. The monoisotopic (exact) mass is 294 g/mol. The molecule has 0 aliphatic heterocycles. The molecule has 2 nitrogen and oxygen atoms in total. The fourth-order valence-corrected chi connectivity index (χ4v) is 2.88. The summed E-state index contributed by atoms with van der Waals surface area (Å²) in [6.07, 6.45) is -3.86. The van der Waals surface area contributed by atoms with Gasteiger partial charge in [-0.1, -0.05) is 36.4 Å². The molecule has 0 spiro atoms. The Morgan fingerprint density at radius 3 is 2.67 bits per heavy atom. The minimum atomic E-state index is -4.96. The van der Waals surface area contributed by atoms with Gasteiger partial charge in [0.1, 0.15) is 6.10 Å². The highest BCUT2D eigenvalue weighted by Gasteiger charge is 2.43. The fraction of sp³-hybridized carbons (Fsp3) is 0.312. The Kier molecular flexibility index (Phi) is 3.35. The number of fused-ring (bicyclic) bond motifs is 3. The van der Waals surface area contributed by atoms with E-state index in [1.165, 1.54) is 0 Å². The first-order valence-electron chi connectivity index (χ1n) is 6.75. The second-order valence-corrected chi connectivity index (χ2v) is 5.14. The lowest BCUT2D eigenvalue weighted by atomic mass is 9.85. The average Bonchev–Trinajstić information content (AvgIpc) is 2.46. The zero-order valence-electron chi connectivity index (χ0n) is 11.1. The van der Waals surface area contributed by atoms with Crippen LogP contribution in [0.5, 0.6) is 0 Å². The van der Waals surface area contributed by atoms with Crippen molar-refractivity contribution >= 4 is 16.7 Å². The van der Waals surface area contributed by atoms with Crippen molar-refractivity contribution < 1.29 is 22.7 Å². The Morgan fingerprint density at radius 2 is 1.90 bits per heavy atom. The molecule has 21 heavy (non-hydrogen) atoms. The number of alkyl halides is 3. The van der Waals surface area contributed by atoms with Crippen molar-refractivity contribution in [1.29, 1.82) is 0 Å². The van der Waals surface area contributed by atoms with Gasteiger partial charge in [-0.3, -0.25) is 0 Å². The van der Waals surface area contributed by atoms with E-state index in [0.29, 0.717) is 12.8 Å². The predicted molar refractivity (Wildman–Crippen MR) is 71.8 cm³/mol. The van der Waals surface area contributed by atoms with Crippen molar-refractivity contribution in [3.05, 3.63) is 47.5 Å².